The van der Waals surface area contributed by atoms with E-state index in [1.54, 1.807) is 13.8 Å². The van der Waals surface area contributed by atoms with Crippen LogP contribution in [0.25, 0.3) is 0 Å². The van der Waals surface area contributed by atoms with Gasteiger partial charge in [-0.25, -0.2) is 4.99 Å². The average Bonchev–Trinajstić information content (AvgIpc) is 1.81. The minimum absolute atomic E-state index is 0.290. The first-order valence-electron chi connectivity index (χ1n) is 2.94. The minimum atomic E-state index is -0.290. The molecule has 1 atom stereocenters. The Kier molecular flexibility index (Phi) is 3.68. The number of rotatable bonds is 2. The van der Waals surface area contributed by atoms with E-state index in [9.17, 15) is 0 Å². The number of hydrogen-bond donors (Lipinski definition) is 2. The Hall–Kier alpha value is -0.870. The van der Waals surface area contributed by atoms with E-state index in [0.717, 1.165) is 0 Å². The van der Waals surface area contributed by atoms with Crippen LogP contribution in [0.15, 0.2) is 17.3 Å². The fourth-order valence-corrected chi connectivity index (χ4v) is 0.424. The number of allylic oxidation sites excluding steroid dienone is 1. The normalized spacial score (nSPS) is 14.6. The van der Waals surface area contributed by atoms with Gasteiger partial charge in [-0.05, 0) is 13.8 Å². The Labute approximate surface area is 60.5 Å². The molecule has 0 fully saturated rings. The van der Waals surface area contributed by atoms with Crippen molar-refractivity contribution in [1.82, 2.24) is 0 Å². The minimum Gasteiger partial charge on any atom is -0.394 e. The molecule has 0 spiro atoms. The van der Waals surface area contributed by atoms with Crippen LogP contribution >= 0.6 is 0 Å². The number of aliphatic imine (C=N–C) groups is 1. The van der Waals surface area contributed by atoms with Crippen LogP contribution in [0, 0.1) is 0 Å². The van der Waals surface area contributed by atoms with Gasteiger partial charge in [0, 0.05) is 5.70 Å². The SMILES string of the molecule is C=C(C)N=C(ON)C(C)N. The lowest BCUT2D eigenvalue weighted by molar-refractivity contribution is 0.306. The van der Waals surface area contributed by atoms with E-state index in [2.05, 4.69) is 16.4 Å². The monoisotopic (exact) mass is 143 g/mol. The van der Waals surface area contributed by atoms with Gasteiger partial charge >= 0.3 is 0 Å². The Morgan fingerprint density at radius 2 is 2.20 bits per heavy atom. The molecular weight excluding hydrogens is 130 g/mol. The lowest BCUT2D eigenvalue weighted by Crippen LogP contribution is -2.31. The molecule has 0 aromatic heterocycles. The van der Waals surface area contributed by atoms with Crippen LogP contribution in [0.4, 0.5) is 0 Å². The van der Waals surface area contributed by atoms with Gasteiger partial charge in [-0.15, -0.1) is 0 Å². The van der Waals surface area contributed by atoms with Crippen molar-refractivity contribution in [3.8, 4) is 0 Å². The van der Waals surface area contributed by atoms with Gasteiger partial charge in [0.1, 0.15) is 0 Å². The second-order valence-electron chi connectivity index (χ2n) is 2.09. The molecule has 10 heavy (non-hydrogen) atoms. The van der Waals surface area contributed by atoms with Crippen molar-refractivity contribution in [2.45, 2.75) is 19.9 Å². The van der Waals surface area contributed by atoms with Gasteiger partial charge in [-0.1, -0.05) is 6.58 Å². The predicted octanol–water partition coefficient (Wildman–Crippen LogP) is 0.156. The van der Waals surface area contributed by atoms with Crippen LogP contribution < -0.4 is 11.6 Å². The molecular formula is C6H13N3O. The van der Waals surface area contributed by atoms with Crippen LogP contribution in [0.5, 0.6) is 0 Å². The predicted molar refractivity (Wildman–Crippen MR) is 41.2 cm³/mol. The molecule has 0 amide bonds. The Morgan fingerprint density at radius 3 is 2.30 bits per heavy atom. The van der Waals surface area contributed by atoms with Gasteiger partial charge in [0.2, 0.25) is 5.90 Å². The summed E-state index contributed by atoms with van der Waals surface area (Å²) in [4.78, 5) is 8.23. The molecule has 0 saturated heterocycles. The molecule has 4 heteroatoms. The summed E-state index contributed by atoms with van der Waals surface area (Å²) in [5, 5.41) is 0. The van der Waals surface area contributed by atoms with Crippen molar-refractivity contribution in [2.75, 3.05) is 0 Å². The van der Waals surface area contributed by atoms with E-state index < -0.39 is 0 Å². The zero-order valence-electron chi connectivity index (χ0n) is 6.29. The number of hydrogen-bond acceptors (Lipinski definition) is 4. The van der Waals surface area contributed by atoms with Crippen molar-refractivity contribution in [1.29, 1.82) is 0 Å². The summed E-state index contributed by atoms with van der Waals surface area (Å²) in [6.07, 6.45) is 0. The van der Waals surface area contributed by atoms with Crippen LogP contribution in [-0.2, 0) is 4.84 Å². The summed E-state index contributed by atoms with van der Waals surface area (Å²) in [5.74, 6) is 5.17. The van der Waals surface area contributed by atoms with E-state index in [1.165, 1.54) is 0 Å². The van der Waals surface area contributed by atoms with Gasteiger partial charge in [0.05, 0.1) is 6.04 Å². The third-order valence-corrected chi connectivity index (χ3v) is 0.811. The van der Waals surface area contributed by atoms with Gasteiger partial charge in [0.15, 0.2) is 0 Å². The van der Waals surface area contributed by atoms with E-state index >= 15 is 0 Å². The maximum absolute atomic E-state index is 5.42. The average molecular weight is 143 g/mol. The fraction of sp³-hybridized carbons (Fsp3) is 0.500. The maximum atomic E-state index is 5.42. The second-order valence-corrected chi connectivity index (χ2v) is 2.09. The van der Waals surface area contributed by atoms with E-state index in [4.69, 9.17) is 11.6 Å². The molecule has 0 aliphatic heterocycles. The van der Waals surface area contributed by atoms with Crippen LogP contribution in [-0.4, -0.2) is 11.9 Å². The third-order valence-electron chi connectivity index (χ3n) is 0.811. The van der Waals surface area contributed by atoms with Crippen molar-refractivity contribution in [3.05, 3.63) is 12.3 Å². The zero-order chi connectivity index (χ0) is 8.15. The van der Waals surface area contributed by atoms with Crippen LogP contribution in [0.1, 0.15) is 13.8 Å². The molecule has 1 unspecified atom stereocenters. The molecule has 4 nitrogen and oxygen atoms in total. The molecule has 0 radical (unpaired) electrons. The lowest BCUT2D eigenvalue weighted by atomic mass is 10.3. The zero-order valence-corrected chi connectivity index (χ0v) is 6.29. The van der Waals surface area contributed by atoms with Gasteiger partial charge in [-0.3, -0.25) is 0 Å². The summed E-state index contributed by atoms with van der Waals surface area (Å²) in [7, 11) is 0. The van der Waals surface area contributed by atoms with Gasteiger partial charge in [-0.2, -0.15) is 5.90 Å². The van der Waals surface area contributed by atoms with Gasteiger partial charge in [0.25, 0.3) is 0 Å². The molecule has 4 N–H and O–H groups in total. The third kappa shape index (κ3) is 3.21. The van der Waals surface area contributed by atoms with Crippen molar-refractivity contribution in [2.24, 2.45) is 16.6 Å². The van der Waals surface area contributed by atoms with Crippen LogP contribution in [0.2, 0.25) is 0 Å². The standard InChI is InChI=1S/C6H13N3O/c1-4(2)9-6(10-8)5(3)7/h5H,1,7-8H2,2-3H3. The highest BCUT2D eigenvalue weighted by atomic mass is 16.6. The first kappa shape index (κ1) is 9.13. The summed E-state index contributed by atoms with van der Waals surface area (Å²) in [5.41, 5.74) is 6.04. The highest BCUT2D eigenvalue weighted by Gasteiger charge is 2.04. The first-order chi connectivity index (χ1) is 4.57. The van der Waals surface area contributed by atoms with E-state index in [-0.39, 0.29) is 6.04 Å². The second kappa shape index (κ2) is 4.03. The van der Waals surface area contributed by atoms with Crippen LogP contribution in [0.3, 0.4) is 0 Å². The number of nitrogens with two attached hydrogens (primary N) is 2. The quantitative estimate of drug-likeness (QED) is 0.328. The molecule has 0 aromatic rings. The van der Waals surface area contributed by atoms with E-state index in [1.807, 2.05) is 0 Å². The number of nitrogens with zero attached hydrogens (tertiary/aromatic N) is 1. The highest BCUT2D eigenvalue weighted by molar-refractivity contribution is 5.81. The smallest absolute Gasteiger partial charge is 0.230 e. The summed E-state index contributed by atoms with van der Waals surface area (Å²) >= 11 is 0. The summed E-state index contributed by atoms with van der Waals surface area (Å²) in [6.45, 7) is 7.01. The Morgan fingerprint density at radius 1 is 1.70 bits per heavy atom. The molecule has 0 heterocycles. The highest BCUT2D eigenvalue weighted by Crippen LogP contribution is 1.92. The molecule has 0 bridgehead atoms. The first-order valence-corrected chi connectivity index (χ1v) is 2.94. The van der Waals surface area contributed by atoms with Crippen molar-refractivity contribution < 1.29 is 4.84 Å². The molecule has 0 rings (SSSR count). The maximum Gasteiger partial charge on any atom is 0.230 e. The van der Waals surface area contributed by atoms with Crippen molar-refractivity contribution in [3.63, 3.8) is 0 Å². The summed E-state index contributed by atoms with van der Waals surface area (Å²) < 4.78 is 0. The van der Waals surface area contributed by atoms with Crippen molar-refractivity contribution >= 4 is 5.90 Å². The molecule has 0 aromatic carbocycles. The lowest BCUT2D eigenvalue weighted by Gasteiger charge is -2.05. The Bertz CT molecular complexity index is 151. The molecule has 0 saturated carbocycles. The molecule has 0 aliphatic rings. The molecule has 0 aliphatic carbocycles. The molecule has 58 valence electrons. The van der Waals surface area contributed by atoms with E-state index in [0.29, 0.717) is 11.6 Å². The topological polar surface area (TPSA) is 73.6 Å². The van der Waals surface area contributed by atoms with Gasteiger partial charge < -0.3 is 10.6 Å². The largest absolute Gasteiger partial charge is 0.394 e. The Balaban J connectivity index is 4.18. The summed E-state index contributed by atoms with van der Waals surface area (Å²) in [6, 6.07) is -0.290. The fourth-order valence-electron chi connectivity index (χ4n) is 0.424.